The average molecular weight is 233 g/mol. The summed E-state index contributed by atoms with van der Waals surface area (Å²) in [6.07, 6.45) is 2.09. The van der Waals surface area contributed by atoms with Crippen LogP contribution in [0.5, 0.6) is 5.75 Å². The Bertz CT molecular complexity index is 402. The highest BCUT2D eigenvalue weighted by atomic mass is 16.5. The van der Waals surface area contributed by atoms with Gasteiger partial charge in [0, 0.05) is 18.0 Å². The van der Waals surface area contributed by atoms with Crippen LogP contribution in [-0.2, 0) is 0 Å². The van der Waals surface area contributed by atoms with Crippen molar-refractivity contribution in [3.63, 3.8) is 0 Å². The minimum atomic E-state index is -0.0326. The van der Waals surface area contributed by atoms with Gasteiger partial charge in [-0.15, -0.1) is 0 Å². The molecule has 2 atom stereocenters. The van der Waals surface area contributed by atoms with Gasteiger partial charge in [0.2, 0.25) is 0 Å². The van der Waals surface area contributed by atoms with Gasteiger partial charge in [-0.05, 0) is 32.9 Å². The minimum Gasteiger partial charge on any atom is -0.487 e. The largest absolute Gasteiger partial charge is 0.487 e. The molecular formula is C15H23NO. The minimum absolute atomic E-state index is 0.0326. The van der Waals surface area contributed by atoms with Gasteiger partial charge in [0.05, 0.1) is 0 Å². The Morgan fingerprint density at radius 1 is 1.41 bits per heavy atom. The highest BCUT2D eigenvalue weighted by Crippen LogP contribution is 2.41. The third kappa shape index (κ3) is 2.47. The molecule has 0 bridgehead atoms. The van der Waals surface area contributed by atoms with Crippen molar-refractivity contribution >= 4 is 0 Å². The van der Waals surface area contributed by atoms with Crippen molar-refractivity contribution in [3.05, 3.63) is 29.3 Å². The molecule has 1 aliphatic rings. The number of nitrogens with one attached hydrogen (secondary N) is 1. The van der Waals surface area contributed by atoms with Gasteiger partial charge in [0.15, 0.2) is 0 Å². The lowest BCUT2D eigenvalue weighted by Gasteiger charge is -2.40. The summed E-state index contributed by atoms with van der Waals surface area (Å²) in [4.78, 5) is 0. The maximum absolute atomic E-state index is 6.16. The van der Waals surface area contributed by atoms with Crippen LogP contribution in [0.25, 0.3) is 0 Å². The van der Waals surface area contributed by atoms with E-state index in [9.17, 15) is 0 Å². The standard InChI is InChI=1S/C15H23NO/c1-5-15(4)10-13(16-6-2)12-9-11(3)7-8-14(12)17-15/h7-9,13,16H,5-6,10H2,1-4H3. The van der Waals surface area contributed by atoms with Crippen molar-refractivity contribution in [2.45, 2.75) is 52.2 Å². The topological polar surface area (TPSA) is 21.3 Å². The Labute approximate surface area is 104 Å². The van der Waals surface area contributed by atoms with E-state index in [-0.39, 0.29) is 5.60 Å². The van der Waals surface area contributed by atoms with E-state index in [0.29, 0.717) is 6.04 Å². The van der Waals surface area contributed by atoms with E-state index in [1.165, 1.54) is 11.1 Å². The van der Waals surface area contributed by atoms with Crippen molar-refractivity contribution in [1.29, 1.82) is 0 Å². The quantitative estimate of drug-likeness (QED) is 0.861. The van der Waals surface area contributed by atoms with Crippen LogP contribution in [0.1, 0.15) is 50.8 Å². The number of aryl methyl sites for hydroxylation is 1. The summed E-state index contributed by atoms with van der Waals surface area (Å²) in [6, 6.07) is 6.91. The van der Waals surface area contributed by atoms with E-state index in [1.807, 2.05) is 0 Å². The molecule has 1 heterocycles. The van der Waals surface area contributed by atoms with Crippen molar-refractivity contribution < 1.29 is 4.74 Å². The third-order valence-corrected chi connectivity index (χ3v) is 3.73. The number of benzene rings is 1. The highest BCUT2D eigenvalue weighted by Gasteiger charge is 2.35. The van der Waals surface area contributed by atoms with Crippen molar-refractivity contribution in [3.8, 4) is 5.75 Å². The molecule has 2 unspecified atom stereocenters. The van der Waals surface area contributed by atoms with Gasteiger partial charge in [0.1, 0.15) is 11.4 Å². The van der Waals surface area contributed by atoms with E-state index in [0.717, 1.165) is 25.1 Å². The lowest BCUT2D eigenvalue weighted by atomic mass is 9.86. The number of rotatable bonds is 3. The molecule has 0 amide bonds. The fourth-order valence-electron chi connectivity index (χ4n) is 2.53. The van der Waals surface area contributed by atoms with Crippen LogP contribution in [0, 0.1) is 6.92 Å². The first kappa shape index (κ1) is 12.4. The molecule has 1 N–H and O–H groups in total. The Morgan fingerprint density at radius 3 is 2.82 bits per heavy atom. The molecule has 0 aliphatic carbocycles. The molecule has 1 aliphatic heterocycles. The number of ether oxygens (including phenoxy) is 1. The molecule has 2 heteroatoms. The smallest absolute Gasteiger partial charge is 0.124 e. The van der Waals surface area contributed by atoms with E-state index in [4.69, 9.17) is 4.74 Å². The number of hydrogen-bond acceptors (Lipinski definition) is 2. The fourth-order valence-corrected chi connectivity index (χ4v) is 2.53. The summed E-state index contributed by atoms with van der Waals surface area (Å²) in [5, 5.41) is 3.58. The molecule has 0 spiro atoms. The molecule has 2 nitrogen and oxygen atoms in total. The van der Waals surface area contributed by atoms with Crippen LogP contribution in [0.4, 0.5) is 0 Å². The average Bonchev–Trinajstić information content (AvgIpc) is 2.31. The molecule has 2 rings (SSSR count). The van der Waals surface area contributed by atoms with E-state index in [1.54, 1.807) is 0 Å². The van der Waals surface area contributed by atoms with Gasteiger partial charge in [-0.1, -0.05) is 31.5 Å². The molecule has 94 valence electrons. The van der Waals surface area contributed by atoms with Gasteiger partial charge in [-0.25, -0.2) is 0 Å². The Balaban J connectivity index is 2.38. The van der Waals surface area contributed by atoms with Crippen LogP contribution in [-0.4, -0.2) is 12.1 Å². The summed E-state index contributed by atoms with van der Waals surface area (Å²) in [5.41, 5.74) is 2.59. The lowest BCUT2D eigenvalue weighted by molar-refractivity contribution is 0.0445. The maximum Gasteiger partial charge on any atom is 0.124 e. The zero-order valence-corrected chi connectivity index (χ0v) is 11.3. The predicted octanol–water partition coefficient (Wildman–Crippen LogP) is 3.60. The van der Waals surface area contributed by atoms with Gasteiger partial charge in [-0.3, -0.25) is 0 Å². The fraction of sp³-hybridized carbons (Fsp3) is 0.600. The first-order valence-electron chi connectivity index (χ1n) is 6.61. The van der Waals surface area contributed by atoms with Crippen LogP contribution in [0.2, 0.25) is 0 Å². The van der Waals surface area contributed by atoms with Crippen LogP contribution in [0.3, 0.4) is 0 Å². The van der Waals surface area contributed by atoms with Crippen molar-refractivity contribution in [1.82, 2.24) is 5.32 Å². The maximum atomic E-state index is 6.16. The summed E-state index contributed by atoms with van der Waals surface area (Å²) in [6.45, 7) is 9.70. The normalized spacial score (nSPS) is 27.4. The summed E-state index contributed by atoms with van der Waals surface area (Å²) < 4.78 is 6.16. The number of fused-ring (bicyclic) bond motifs is 1. The molecular weight excluding hydrogens is 210 g/mol. The second-order valence-corrected chi connectivity index (χ2v) is 5.26. The van der Waals surface area contributed by atoms with Crippen LogP contribution >= 0.6 is 0 Å². The molecule has 0 saturated carbocycles. The monoisotopic (exact) mass is 233 g/mol. The summed E-state index contributed by atoms with van der Waals surface area (Å²) >= 11 is 0. The molecule has 0 radical (unpaired) electrons. The number of hydrogen-bond donors (Lipinski definition) is 1. The molecule has 17 heavy (non-hydrogen) atoms. The van der Waals surface area contributed by atoms with Gasteiger partial charge >= 0.3 is 0 Å². The zero-order valence-electron chi connectivity index (χ0n) is 11.3. The highest BCUT2D eigenvalue weighted by molar-refractivity contribution is 5.41. The Hall–Kier alpha value is -1.02. The molecule has 0 saturated heterocycles. The first-order valence-corrected chi connectivity index (χ1v) is 6.61. The van der Waals surface area contributed by atoms with Gasteiger partial charge in [-0.2, -0.15) is 0 Å². The first-order chi connectivity index (χ1) is 8.08. The second-order valence-electron chi connectivity index (χ2n) is 5.26. The molecule has 0 fully saturated rings. The van der Waals surface area contributed by atoms with Crippen molar-refractivity contribution in [2.24, 2.45) is 0 Å². The second kappa shape index (κ2) is 4.69. The third-order valence-electron chi connectivity index (χ3n) is 3.73. The molecule has 0 aromatic heterocycles. The zero-order chi connectivity index (χ0) is 12.5. The lowest BCUT2D eigenvalue weighted by Crippen LogP contribution is -2.41. The van der Waals surface area contributed by atoms with Gasteiger partial charge < -0.3 is 10.1 Å². The SMILES string of the molecule is CCNC1CC(C)(CC)Oc2ccc(C)cc21. The summed E-state index contributed by atoms with van der Waals surface area (Å²) in [5.74, 6) is 1.05. The van der Waals surface area contributed by atoms with E-state index in [2.05, 4.69) is 51.2 Å². The van der Waals surface area contributed by atoms with Crippen LogP contribution in [0.15, 0.2) is 18.2 Å². The van der Waals surface area contributed by atoms with Gasteiger partial charge in [0.25, 0.3) is 0 Å². The van der Waals surface area contributed by atoms with E-state index >= 15 is 0 Å². The molecule has 1 aromatic rings. The predicted molar refractivity (Wildman–Crippen MR) is 71.5 cm³/mol. The Morgan fingerprint density at radius 2 is 2.18 bits per heavy atom. The summed E-state index contributed by atoms with van der Waals surface area (Å²) in [7, 11) is 0. The Kier molecular flexibility index (Phi) is 3.43. The van der Waals surface area contributed by atoms with Crippen LogP contribution < -0.4 is 10.1 Å². The molecule has 1 aromatic carbocycles. The van der Waals surface area contributed by atoms with E-state index < -0.39 is 0 Å². The van der Waals surface area contributed by atoms with Crippen molar-refractivity contribution in [2.75, 3.05) is 6.54 Å².